The molecule has 0 spiro atoms. The maximum atomic E-state index is 4.84. The van der Waals surface area contributed by atoms with Crippen molar-refractivity contribution in [1.29, 1.82) is 0 Å². The third-order valence-electron chi connectivity index (χ3n) is 11.0. The highest BCUT2D eigenvalue weighted by molar-refractivity contribution is 5.87. The maximum Gasteiger partial charge on any atom is 0.0194 e. The first-order chi connectivity index (χ1) is 18.3. The van der Waals surface area contributed by atoms with Crippen LogP contribution in [0.5, 0.6) is 0 Å². The Bertz CT molecular complexity index is 1470. The fraction of sp³-hybridized carbons (Fsp3) is 0.436. The minimum Gasteiger partial charge on any atom is -0.0955 e. The van der Waals surface area contributed by atoms with Crippen molar-refractivity contribution in [3.63, 3.8) is 0 Å². The van der Waals surface area contributed by atoms with Crippen LogP contribution in [-0.2, 0) is 25.7 Å². The van der Waals surface area contributed by atoms with Crippen molar-refractivity contribution < 1.29 is 0 Å². The highest BCUT2D eigenvalue weighted by Gasteiger charge is 2.59. The van der Waals surface area contributed by atoms with Crippen molar-refractivity contribution in [2.45, 2.75) is 93.9 Å². The highest BCUT2D eigenvalue weighted by Crippen LogP contribution is 2.70. The Balaban J connectivity index is 1.60. The molecule has 39 heavy (non-hydrogen) atoms. The summed E-state index contributed by atoms with van der Waals surface area (Å²) in [5.41, 5.74) is 18.1. The van der Waals surface area contributed by atoms with E-state index >= 15 is 0 Å². The van der Waals surface area contributed by atoms with Crippen molar-refractivity contribution in [3.8, 4) is 0 Å². The van der Waals surface area contributed by atoms with Crippen molar-refractivity contribution in [1.82, 2.24) is 0 Å². The van der Waals surface area contributed by atoms with E-state index in [4.69, 9.17) is 13.2 Å². The molecule has 2 aromatic carbocycles. The van der Waals surface area contributed by atoms with Crippen LogP contribution in [-0.4, -0.2) is 0 Å². The summed E-state index contributed by atoms with van der Waals surface area (Å²) in [6.07, 6.45) is 6.58. The lowest BCUT2D eigenvalue weighted by atomic mass is 9.41. The van der Waals surface area contributed by atoms with Gasteiger partial charge in [-0.2, -0.15) is 0 Å². The maximum absolute atomic E-state index is 4.84. The fourth-order valence-electron chi connectivity index (χ4n) is 9.06. The van der Waals surface area contributed by atoms with Gasteiger partial charge in [0.1, 0.15) is 0 Å². The number of hydrogen-bond donors (Lipinski definition) is 0. The number of aryl methyl sites for hydroxylation is 4. The van der Waals surface area contributed by atoms with E-state index in [0.29, 0.717) is 0 Å². The second-order valence-electron chi connectivity index (χ2n) is 13.7. The molecule has 0 aliphatic heterocycles. The SMILES string of the molecule is C=C(C)C1=C(C)C[C@@]2(C)C[C@@]3(C)Cc4c(CCc5ccc(CC)cc5)ccc(C)c4C(=C)C3=C(C)[C@@]2(C)C1=C. The van der Waals surface area contributed by atoms with Gasteiger partial charge in [-0.05, 0) is 133 Å². The number of allylic oxidation sites excluding steroid dienone is 7. The van der Waals surface area contributed by atoms with Crippen LogP contribution in [0.3, 0.4) is 0 Å². The van der Waals surface area contributed by atoms with Crippen LogP contribution in [0.15, 0.2) is 89.6 Å². The molecule has 204 valence electrons. The number of rotatable bonds is 5. The van der Waals surface area contributed by atoms with E-state index in [1.807, 2.05) is 0 Å². The van der Waals surface area contributed by atoms with E-state index in [9.17, 15) is 0 Å². The Labute approximate surface area is 238 Å². The molecule has 0 saturated heterocycles. The van der Waals surface area contributed by atoms with Crippen molar-refractivity contribution >= 4 is 5.57 Å². The van der Waals surface area contributed by atoms with Crippen LogP contribution in [0.2, 0.25) is 0 Å². The lowest BCUT2D eigenvalue weighted by Crippen LogP contribution is -2.52. The Kier molecular flexibility index (Phi) is 6.65. The molecule has 0 saturated carbocycles. The molecule has 0 nitrogen and oxygen atoms in total. The minimum atomic E-state index is -0.105. The quantitative estimate of drug-likeness (QED) is 0.371. The summed E-state index contributed by atoms with van der Waals surface area (Å²) in [5.74, 6) is 0. The molecule has 0 fully saturated rings. The topological polar surface area (TPSA) is 0 Å². The van der Waals surface area contributed by atoms with Gasteiger partial charge in [0.15, 0.2) is 0 Å². The van der Waals surface area contributed by atoms with Crippen LogP contribution >= 0.6 is 0 Å². The standard InChI is InChI=1S/C39H48/c1-12-30-14-16-31(17-15-30)18-20-32-19-13-25(4)35-27(6)36-29(8)39(11)28(7)34(24(2)3)26(5)21-38(39,10)23-37(36,9)22-33(32)35/h13-17,19H,2,6-7,12,18,20-23H2,1,3-5,8-11H3/t37-,38+,39-/m1/s1. The van der Waals surface area contributed by atoms with E-state index < -0.39 is 0 Å². The largest absolute Gasteiger partial charge is 0.0955 e. The second kappa shape index (κ2) is 9.36. The van der Waals surface area contributed by atoms with Crippen LogP contribution in [0.25, 0.3) is 5.57 Å². The van der Waals surface area contributed by atoms with Crippen molar-refractivity contribution in [2.75, 3.05) is 0 Å². The van der Waals surface area contributed by atoms with Gasteiger partial charge in [0.2, 0.25) is 0 Å². The third-order valence-corrected chi connectivity index (χ3v) is 11.0. The zero-order valence-corrected chi connectivity index (χ0v) is 25.8. The predicted molar refractivity (Wildman–Crippen MR) is 170 cm³/mol. The van der Waals surface area contributed by atoms with E-state index in [1.54, 1.807) is 5.56 Å². The molecule has 0 heterocycles. The molecule has 0 N–H and O–H groups in total. The van der Waals surface area contributed by atoms with Crippen LogP contribution in [0, 0.1) is 23.2 Å². The number of benzene rings is 2. The number of fused-ring (bicyclic) bond motifs is 3. The minimum absolute atomic E-state index is 0.0645. The average Bonchev–Trinajstić information content (AvgIpc) is 2.85. The van der Waals surface area contributed by atoms with Gasteiger partial charge < -0.3 is 0 Å². The molecule has 2 aromatic rings. The van der Waals surface area contributed by atoms with E-state index in [1.165, 1.54) is 61.3 Å². The summed E-state index contributed by atoms with van der Waals surface area (Å²) in [4.78, 5) is 0. The monoisotopic (exact) mass is 516 g/mol. The first-order valence-electron chi connectivity index (χ1n) is 14.9. The zero-order valence-electron chi connectivity index (χ0n) is 25.8. The molecule has 0 amide bonds. The Morgan fingerprint density at radius 2 is 1.51 bits per heavy atom. The van der Waals surface area contributed by atoms with Gasteiger partial charge in [0.25, 0.3) is 0 Å². The van der Waals surface area contributed by atoms with Crippen LogP contribution < -0.4 is 0 Å². The Morgan fingerprint density at radius 3 is 2.13 bits per heavy atom. The van der Waals surface area contributed by atoms with Crippen LogP contribution in [0.1, 0.15) is 94.7 Å². The molecule has 3 aliphatic carbocycles. The van der Waals surface area contributed by atoms with Crippen LogP contribution in [0.4, 0.5) is 0 Å². The summed E-state index contributed by atoms with van der Waals surface area (Å²) in [5, 5.41) is 0. The van der Waals surface area contributed by atoms with E-state index in [2.05, 4.69) is 98.4 Å². The van der Waals surface area contributed by atoms with Gasteiger partial charge >= 0.3 is 0 Å². The molecule has 0 unspecified atom stereocenters. The lowest BCUT2D eigenvalue weighted by molar-refractivity contribution is 0.0543. The van der Waals surface area contributed by atoms with E-state index in [-0.39, 0.29) is 16.2 Å². The summed E-state index contributed by atoms with van der Waals surface area (Å²) in [6, 6.07) is 13.9. The van der Waals surface area contributed by atoms with Gasteiger partial charge in [-0.3, -0.25) is 0 Å². The Morgan fingerprint density at radius 1 is 0.872 bits per heavy atom. The summed E-state index contributed by atoms with van der Waals surface area (Å²) in [6.45, 7) is 32.8. The molecular weight excluding hydrogens is 468 g/mol. The predicted octanol–water partition coefficient (Wildman–Crippen LogP) is 10.5. The zero-order chi connectivity index (χ0) is 28.5. The smallest absolute Gasteiger partial charge is 0.0194 e. The first kappa shape index (κ1) is 27.7. The van der Waals surface area contributed by atoms with Gasteiger partial charge in [-0.1, -0.05) is 101 Å². The summed E-state index contributed by atoms with van der Waals surface area (Å²) in [7, 11) is 0. The van der Waals surface area contributed by atoms with E-state index in [0.717, 1.165) is 44.1 Å². The first-order valence-corrected chi connectivity index (χ1v) is 14.9. The average molecular weight is 517 g/mol. The summed E-state index contributed by atoms with van der Waals surface area (Å²) < 4.78 is 0. The lowest BCUT2D eigenvalue weighted by Gasteiger charge is -2.62. The highest BCUT2D eigenvalue weighted by atomic mass is 14.6. The molecule has 5 rings (SSSR count). The van der Waals surface area contributed by atoms with Gasteiger partial charge in [0.05, 0.1) is 0 Å². The number of hydrogen-bond acceptors (Lipinski definition) is 0. The molecule has 3 aliphatic rings. The van der Waals surface area contributed by atoms with Crippen molar-refractivity contribution in [2.24, 2.45) is 16.2 Å². The van der Waals surface area contributed by atoms with Gasteiger partial charge in [-0.15, -0.1) is 0 Å². The van der Waals surface area contributed by atoms with Crippen molar-refractivity contribution in [3.05, 3.63) is 123 Å². The Hall–Kier alpha value is -2.86. The fourth-order valence-corrected chi connectivity index (χ4v) is 9.06. The molecule has 3 atom stereocenters. The van der Waals surface area contributed by atoms with Gasteiger partial charge in [0, 0.05) is 5.41 Å². The third kappa shape index (κ3) is 4.01. The second-order valence-corrected chi connectivity index (χ2v) is 13.7. The molecule has 0 aromatic heterocycles. The molecular formula is C39H48. The summed E-state index contributed by atoms with van der Waals surface area (Å²) >= 11 is 0. The molecule has 0 radical (unpaired) electrons. The molecule has 0 bridgehead atoms. The molecule has 0 heteroatoms. The normalized spacial score (nSPS) is 28.3. The van der Waals surface area contributed by atoms with Gasteiger partial charge in [-0.25, -0.2) is 0 Å².